The fourth-order valence-electron chi connectivity index (χ4n) is 1.62. The van der Waals surface area contributed by atoms with Crippen molar-refractivity contribution < 1.29 is 13.6 Å². The van der Waals surface area contributed by atoms with Gasteiger partial charge in [0, 0.05) is 19.4 Å². The molecule has 5 heteroatoms. The first-order valence-corrected chi connectivity index (χ1v) is 7.02. The second-order valence-corrected chi connectivity index (χ2v) is 4.24. The van der Waals surface area contributed by atoms with Crippen LogP contribution < -0.4 is 11.1 Å². The third-order valence-electron chi connectivity index (χ3n) is 2.44. The van der Waals surface area contributed by atoms with Crippen molar-refractivity contribution in [3.63, 3.8) is 0 Å². The highest BCUT2D eigenvalue weighted by molar-refractivity contribution is 5.73. The van der Waals surface area contributed by atoms with E-state index in [9.17, 15) is 13.6 Å². The Kier molecular flexibility index (Phi) is 14.9. The molecule has 3 N–H and O–H groups in total. The molecule has 0 saturated heterocycles. The van der Waals surface area contributed by atoms with Crippen LogP contribution in [0.15, 0.2) is 23.6 Å². The van der Waals surface area contributed by atoms with Crippen molar-refractivity contribution in [1.82, 2.24) is 5.32 Å². The second kappa shape index (κ2) is 14.2. The van der Waals surface area contributed by atoms with Crippen molar-refractivity contribution in [2.75, 3.05) is 13.2 Å². The number of rotatable bonds is 8. The highest BCUT2D eigenvalue weighted by Gasteiger charge is 2.09. The van der Waals surface area contributed by atoms with Crippen LogP contribution in [0.2, 0.25) is 0 Å². The van der Waals surface area contributed by atoms with Gasteiger partial charge in [0.05, 0.1) is 0 Å². The Balaban J connectivity index is 0. The maximum atomic E-state index is 12.9. The van der Waals surface area contributed by atoms with Crippen molar-refractivity contribution in [2.45, 2.75) is 53.0 Å². The fourth-order valence-corrected chi connectivity index (χ4v) is 1.62. The van der Waals surface area contributed by atoms with E-state index in [4.69, 9.17) is 5.73 Å². The van der Waals surface area contributed by atoms with Gasteiger partial charge in [0.2, 0.25) is 5.91 Å². The van der Waals surface area contributed by atoms with Crippen LogP contribution in [0.3, 0.4) is 0 Å². The third-order valence-corrected chi connectivity index (χ3v) is 2.44. The Morgan fingerprint density at radius 3 is 2.35 bits per heavy atom. The number of allylic oxidation sites excluding steroid dienone is 3. The van der Waals surface area contributed by atoms with E-state index < -0.39 is 12.5 Å². The summed E-state index contributed by atoms with van der Waals surface area (Å²) >= 11 is 0. The smallest absolute Gasteiger partial charge is 0.217 e. The molecule has 0 aliphatic rings. The van der Waals surface area contributed by atoms with Gasteiger partial charge in [-0.2, -0.15) is 0 Å². The molecule has 0 bridgehead atoms. The molecule has 0 spiro atoms. The van der Waals surface area contributed by atoms with E-state index in [1.54, 1.807) is 6.08 Å². The summed E-state index contributed by atoms with van der Waals surface area (Å²) in [6.45, 7) is 7.00. The van der Waals surface area contributed by atoms with E-state index in [0.29, 0.717) is 19.4 Å². The standard InChI is InChI=1S/C13H22F2N2O.C2H6/c1-10(3-4-12(15)5-7-14)9-13(6-8-16)17-11(2)18;1-2/h3,5,13H,4,6-9,16H2,1-2H3,(H,17,18);1-2H3/b10-3+,12-5+;/t13-;/m1./s1. The molecule has 0 aliphatic carbocycles. The van der Waals surface area contributed by atoms with Crippen molar-refractivity contribution >= 4 is 5.91 Å². The number of hydrogen-bond acceptors (Lipinski definition) is 2. The summed E-state index contributed by atoms with van der Waals surface area (Å²) in [6.07, 6.45) is 4.00. The number of alkyl halides is 1. The highest BCUT2D eigenvalue weighted by Crippen LogP contribution is 2.12. The largest absolute Gasteiger partial charge is 0.353 e. The number of nitrogens with one attached hydrogen (secondary N) is 1. The summed E-state index contributed by atoms with van der Waals surface area (Å²) in [7, 11) is 0. The van der Waals surface area contributed by atoms with Gasteiger partial charge in [-0.05, 0) is 32.4 Å². The molecule has 0 aromatic carbocycles. The van der Waals surface area contributed by atoms with Crippen molar-refractivity contribution in [2.24, 2.45) is 5.73 Å². The Morgan fingerprint density at radius 1 is 1.30 bits per heavy atom. The number of nitrogens with two attached hydrogens (primary N) is 1. The van der Waals surface area contributed by atoms with Gasteiger partial charge in [-0.15, -0.1) is 0 Å². The van der Waals surface area contributed by atoms with Gasteiger partial charge in [0.15, 0.2) is 0 Å². The number of carbonyl (C=O) groups excluding carboxylic acids is 1. The molecule has 1 amide bonds. The average molecular weight is 290 g/mol. The summed E-state index contributed by atoms with van der Waals surface area (Å²) in [6, 6.07) is -0.0306. The summed E-state index contributed by atoms with van der Waals surface area (Å²) in [4.78, 5) is 11.0. The van der Waals surface area contributed by atoms with Crippen LogP contribution in [-0.2, 0) is 4.79 Å². The summed E-state index contributed by atoms with van der Waals surface area (Å²) in [5.74, 6) is -0.587. The van der Waals surface area contributed by atoms with Crippen LogP contribution >= 0.6 is 0 Å². The van der Waals surface area contributed by atoms with Gasteiger partial charge in [-0.3, -0.25) is 4.79 Å². The van der Waals surface area contributed by atoms with Crippen LogP contribution in [0.4, 0.5) is 8.78 Å². The predicted molar refractivity (Wildman–Crippen MR) is 80.8 cm³/mol. The average Bonchev–Trinajstić information content (AvgIpc) is 2.38. The first-order chi connectivity index (χ1) is 9.49. The van der Waals surface area contributed by atoms with E-state index in [2.05, 4.69) is 5.32 Å². The Morgan fingerprint density at radius 2 is 1.90 bits per heavy atom. The number of halogens is 2. The Labute approximate surface area is 121 Å². The normalized spacial score (nSPS) is 13.3. The monoisotopic (exact) mass is 290 g/mol. The van der Waals surface area contributed by atoms with E-state index in [0.717, 1.165) is 11.6 Å². The second-order valence-electron chi connectivity index (χ2n) is 4.24. The maximum absolute atomic E-state index is 12.9. The lowest BCUT2D eigenvalue weighted by Crippen LogP contribution is -2.34. The van der Waals surface area contributed by atoms with E-state index in [1.807, 2.05) is 20.8 Å². The minimum atomic E-state index is -0.791. The zero-order valence-electron chi connectivity index (χ0n) is 13.0. The molecule has 0 saturated carbocycles. The summed E-state index contributed by atoms with van der Waals surface area (Å²) < 4.78 is 24.8. The van der Waals surface area contributed by atoms with Gasteiger partial charge in [0.25, 0.3) is 0 Å². The molecule has 1 atom stereocenters. The highest BCUT2D eigenvalue weighted by atomic mass is 19.1. The van der Waals surface area contributed by atoms with Crippen LogP contribution in [0.1, 0.15) is 47.0 Å². The van der Waals surface area contributed by atoms with Crippen LogP contribution in [0.25, 0.3) is 0 Å². The van der Waals surface area contributed by atoms with Crippen molar-refractivity contribution in [3.05, 3.63) is 23.6 Å². The van der Waals surface area contributed by atoms with Gasteiger partial charge in [0.1, 0.15) is 12.5 Å². The SMILES string of the molecule is CC.CC(=O)N[C@H](CCN)C/C(C)=C/C/C(F)=C\CF. The summed E-state index contributed by atoms with van der Waals surface area (Å²) in [5, 5.41) is 2.80. The number of carbonyl (C=O) groups is 1. The number of hydrogen-bond donors (Lipinski definition) is 2. The molecule has 0 heterocycles. The van der Waals surface area contributed by atoms with E-state index >= 15 is 0 Å². The van der Waals surface area contributed by atoms with Crippen LogP contribution in [0, 0.1) is 0 Å². The lowest BCUT2D eigenvalue weighted by atomic mass is 10.0. The maximum Gasteiger partial charge on any atom is 0.217 e. The quantitative estimate of drug-likeness (QED) is 0.673. The van der Waals surface area contributed by atoms with Gasteiger partial charge >= 0.3 is 0 Å². The molecule has 0 fully saturated rings. The first kappa shape index (κ1) is 21.1. The van der Waals surface area contributed by atoms with Gasteiger partial charge in [-0.1, -0.05) is 25.5 Å². The van der Waals surface area contributed by atoms with E-state index in [-0.39, 0.29) is 18.4 Å². The first-order valence-electron chi connectivity index (χ1n) is 7.02. The Hall–Kier alpha value is -1.23. The molecule has 0 radical (unpaired) electrons. The van der Waals surface area contributed by atoms with Crippen molar-refractivity contribution in [3.8, 4) is 0 Å². The lowest BCUT2D eigenvalue weighted by Gasteiger charge is -2.17. The predicted octanol–water partition coefficient (Wildman–Crippen LogP) is 3.42. The molecule has 0 unspecified atom stereocenters. The molecule has 118 valence electrons. The van der Waals surface area contributed by atoms with Gasteiger partial charge in [-0.25, -0.2) is 8.78 Å². The zero-order valence-corrected chi connectivity index (χ0v) is 13.0. The lowest BCUT2D eigenvalue weighted by molar-refractivity contribution is -0.119. The fraction of sp³-hybridized carbons (Fsp3) is 0.667. The Bertz CT molecular complexity index is 315. The minimum absolute atomic E-state index is 0.0306. The number of amides is 1. The molecular formula is C15H28F2N2O. The van der Waals surface area contributed by atoms with E-state index in [1.165, 1.54) is 6.92 Å². The minimum Gasteiger partial charge on any atom is -0.353 e. The topological polar surface area (TPSA) is 55.1 Å². The molecule has 0 rings (SSSR count). The van der Waals surface area contributed by atoms with Crippen LogP contribution in [-0.4, -0.2) is 25.2 Å². The molecule has 0 aromatic heterocycles. The molecule has 3 nitrogen and oxygen atoms in total. The van der Waals surface area contributed by atoms with Gasteiger partial charge < -0.3 is 11.1 Å². The van der Waals surface area contributed by atoms with Crippen LogP contribution in [0.5, 0.6) is 0 Å². The molecule has 20 heavy (non-hydrogen) atoms. The molecule has 0 aliphatic heterocycles. The zero-order chi connectivity index (χ0) is 16.0. The third kappa shape index (κ3) is 13.2. The van der Waals surface area contributed by atoms with Crippen molar-refractivity contribution in [1.29, 1.82) is 0 Å². The molecule has 0 aromatic rings. The summed E-state index contributed by atoms with van der Waals surface area (Å²) in [5.41, 5.74) is 6.41. The molecular weight excluding hydrogens is 262 g/mol.